The van der Waals surface area contributed by atoms with Crippen LogP contribution in [0.4, 0.5) is 11.9 Å². The van der Waals surface area contributed by atoms with E-state index in [0.29, 0.717) is 22.2 Å². The molecule has 2 heterocycles. The lowest BCUT2D eigenvalue weighted by molar-refractivity contribution is 0.755. The normalized spacial score (nSPS) is 10.7. The number of nitrogen functional groups attached to an aromatic ring is 1. The fourth-order valence-corrected chi connectivity index (χ4v) is 2.44. The molecular formula is C11H19N9S. The number of anilines is 2. The van der Waals surface area contributed by atoms with Gasteiger partial charge in [0.25, 0.3) is 0 Å². The summed E-state index contributed by atoms with van der Waals surface area (Å²) >= 11 is 1.32. The molecular weight excluding hydrogens is 290 g/mol. The highest BCUT2D eigenvalue weighted by Crippen LogP contribution is 2.24. The number of hydrazine groups is 1. The van der Waals surface area contributed by atoms with Crippen LogP contribution in [0.15, 0.2) is 10.3 Å². The summed E-state index contributed by atoms with van der Waals surface area (Å²) in [6.45, 7) is 7.58. The fraction of sp³-hybridized carbons (Fsp3) is 0.545. The molecule has 9 nitrogen and oxygen atoms in total. The average molecular weight is 309 g/mol. The highest BCUT2D eigenvalue weighted by molar-refractivity contribution is 7.99. The van der Waals surface area contributed by atoms with Crippen molar-refractivity contribution in [1.82, 2.24) is 29.7 Å². The molecule has 0 unspecified atom stereocenters. The van der Waals surface area contributed by atoms with E-state index >= 15 is 0 Å². The van der Waals surface area contributed by atoms with E-state index in [9.17, 15) is 0 Å². The van der Waals surface area contributed by atoms with Gasteiger partial charge in [-0.1, -0.05) is 0 Å². The smallest absolute Gasteiger partial charge is 0.242 e. The van der Waals surface area contributed by atoms with Crippen molar-refractivity contribution >= 4 is 23.7 Å². The van der Waals surface area contributed by atoms with Gasteiger partial charge in [0, 0.05) is 20.1 Å². The molecule has 3 N–H and O–H groups in total. The molecule has 2 aromatic heterocycles. The third-order valence-electron chi connectivity index (χ3n) is 3.01. The van der Waals surface area contributed by atoms with Crippen molar-refractivity contribution in [3.63, 3.8) is 0 Å². The van der Waals surface area contributed by atoms with Gasteiger partial charge in [0.2, 0.25) is 17.1 Å². The van der Waals surface area contributed by atoms with Crippen LogP contribution in [0.1, 0.15) is 19.7 Å². The Morgan fingerprint density at radius 3 is 2.43 bits per heavy atom. The number of nitrogens with zero attached hydrogens (tertiary/aromatic N) is 7. The Morgan fingerprint density at radius 1 is 1.19 bits per heavy atom. The van der Waals surface area contributed by atoms with E-state index in [2.05, 4.69) is 30.6 Å². The molecule has 0 saturated heterocycles. The minimum atomic E-state index is 0.327. The topological polar surface area (TPSA) is 111 Å². The second kappa shape index (κ2) is 6.68. The molecule has 0 amide bonds. The molecule has 2 aromatic rings. The van der Waals surface area contributed by atoms with Crippen molar-refractivity contribution in [2.45, 2.75) is 31.1 Å². The van der Waals surface area contributed by atoms with Gasteiger partial charge in [-0.05, 0) is 32.5 Å². The van der Waals surface area contributed by atoms with E-state index in [1.807, 2.05) is 37.3 Å². The van der Waals surface area contributed by atoms with E-state index in [1.54, 1.807) is 0 Å². The van der Waals surface area contributed by atoms with Crippen molar-refractivity contribution in [2.75, 3.05) is 23.4 Å². The summed E-state index contributed by atoms with van der Waals surface area (Å²) < 4.78 is 1.88. The Labute approximate surface area is 127 Å². The lowest BCUT2D eigenvalue weighted by Crippen LogP contribution is -2.25. The molecule has 0 spiro atoms. The number of nitrogens with one attached hydrogen (secondary N) is 1. The largest absolute Gasteiger partial charge is 0.341 e. The van der Waals surface area contributed by atoms with Gasteiger partial charge in [0.1, 0.15) is 5.82 Å². The Bertz CT molecular complexity index is 608. The third kappa shape index (κ3) is 3.39. The van der Waals surface area contributed by atoms with Crippen LogP contribution in [0.3, 0.4) is 0 Å². The number of nitrogens with two attached hydrogens (primary N) is 1. The van der Waals surface area contributed by atoms with Crippen LogP contribution in [0, 0.1) is 6.92 Å². The fourth-order valence-electron chi connectivity index (χ4n) is 1.66. The van der Waals surface area contributed by atoms with Crippen molar-refractivity contribution in [2.24, 2.45) is 12.9 Å². The lowest BCUT2D eigenvalue weighted by Gasteiger charge is -2.19. The van der Waals surface area contributed by atoms with E-state index in [4.69, 9.17) is 5.84 Å². The van der Waals surface area contributed by atoms with E-state index in [0.717, 1.165) is 18.9 Å². The summed E-state index contributed by atoms with van der Waals surface area (Å²) in [5.41, 5.74) is 2.47. The van der Waals surface area contributed by atoms with Crippen LogP contribution >= 0.6 is 11.8 Å². The minimum absolute atomic E-state index is 0.327. The highest BCUT2D eigenvalue weighted by atomic mass is 32.2. The van der Waals surface area contributed by atoms with Gasteiger partial charge in [-0.3, -0.25) is 5.43 Å². The number of rotatable bonds is 6. The van der Waals surface area contributed by atoms with Crippen LogP contribution in [0.25, 0.3) is 0 Å². The van der Waals surface area contributed by atoms with Crippen molar-refractivity contribution < 1.29 is 0 Å². The van der Waals surface area contributed by atoms with Crippen LogP contribution in [-0.4, -0.2) is 42.8 Å². The predicted molar refractivity (Wildman–Crippen MR) is 81.1 cm³/mol. The van der Waals surface area contributed by atoms with E-state index < -0.39 is 0 Å². The second-order valence-electron chi connectivity index (χ2n) is 4.25. The first-order chi connectivity index (χ1) is 10.1. The molecule has 0 aromatic carbocycles. The maximum Gasteiger partial charge on any atom is 0.242 e. The first-order valence-electron chi connectivity index (χ1n) is 6.60. The van der Waals surface area contributed by atoms with Gasteiger partial charge in [-0.15, -0.1) is 10.2 Å². The number of aryl methyl sites for hydroxylation is 1. The van der Waals surface area contributed by atoms with Gasteiger partial charge in [0.15, 0.2) is 5.16 Å². The first-order valence-corrected chi connectivity index (χ1v) is 7.42. The Hall–Kier alpha value is -1.94. The Balaban J connectivity index is 2.34. The summed E-state index contributed by atoms with van der Waals surface area (Å²) in [6, 6.07) is 0. The molecule has 0 aliphatic rings. The van der Waals surface area contributed by atoms with Gasteiger partial charge in [-0.25, -0.2) is 5.84 Å². The third-order valence-corrected chi connectivity index (χ3v) is 3.92. The summed E-state index contributed by atoms with van der Waals surface area (Å²) in [4.78, 5) is 15.0. The number of aromatic nitrogens is 6. The summed E-state index contributed by atoms with van der Waals surface area (Å²) in [6.07, 6.45) is 0. The summed E-state index contributed by atoms with van der Waals surface area (Å²) in [5.74, 6) is 7.18. The van der Waals surface area contributed by atoms with E-state index in [-0.39, 0.29) is 0 Å². The van der Waals surface area contributed by atoms with Crippen molar-refractivity contribution in [3.8, 4) is 0 Å². The molecule has 2 rings (SSSR count). The summed E-state index contributed by atoms with van der Waals surface area (Å²) in [5, 5.41) is 9.34. The molecule has 0 fully saturated rings. The summed E-state index contributed by atoms with van der Waals surface area (Å²) in [7, 11) is 1.90. The number of hydrogen-bond donors (Lipinski definition) is 2. The predicted octanol–water partition coefficient (Wildman–Crippen LogP) is 0.592. The molecule has 0 aliphatic carbocycles. The minimum Gasteiger partial charge on any atom is -0.341 e. The standard InChI is InChI=1S/C11H19N9S/c1-5-20(6-2)9-13-8(16-12)14-10(15-9)21-11-18-17-7(3)19(11)4/h5-6,12H2,1-4H3,(H,13,14,15,16). The molecule has 0 atom stereocenters. The molecule has 10 heteroatoms. The van der Waals surface area contributed by atoms with Crippen LogP contribution in [0.5, 0.6) is 0 Å². The van der Waals surface area contributed by atoms with Gasteiger partial charge < -0.3 is 9.47 Å². The quantitative estimate of drug-likeness (QED) is 0.585. The Morgan fingerprint density at radius 2 is 1.90 bits per heavy atom. The zero-order valence-corrected chi connectivity index (χ0v) is 13.3. The van der Waals surface area contributed by atoms with Crippen LogP contribution < -0.4 is 16.2 Å². The monoisotopic (exact) mass is 309 g/mol. The van der Waals surface area contributed by atoms with Crippen LogP contribution in [-0.2, 0) is 7.05 Å². The average Bonchev–Trinajstić information content (AvgIpc) is 2.80. The van der Waals surface area contributed by atoms with Gasteiger partial charge >= 0.3 is 0 Å². The number of hydrogen-bond acceptors (Lipinski definition) is 9. The molecule has 0 aliphatic heterocycles. The highest BCUT2D eigenvalue weighted by Gasteiger charge is 2.14. The SMILES string of the molecule is CCN(CC)c1nc(NN)nc(Sc2nnc(C)n2C)n1. The molecule has 0 saturated carbocycles. The molecule has 114 valence electrons. The van der Waals surface area contributed by atoms with Crippen molar-refractivity contribution in [3.05, 3.63) is 5.82 Å². The molecule has 0 radical (unpaired) electrons. The maximum absolute atomic E-state index is 5.43. The molecule has 0 bridgehead atoms. The Kier molecular flexibility index (Phi) is 4.91. The van der Waals surface area contributed by atoms with E-state index in [1.165, 1.54) is 11.8 Å². The first kappa shape index (κ1) is 15.4. The second-order valence-corrected chi connectivity index (χ2v) is 5.18. The van der Waals surface area contributed by atoms with Gasteiger partial charge in [0.05, 0.1) is 0 Å². The zero-order chi connectivity index (χ0) is 15.4. The maximum atomic E-state index is 5.43. The van der Waals surface area contributed by atoms with Gasteiger partial charge in [-0.2, -0.15) is 15.0 Å². The zero-order valence-electron chi connectivity index (χ0n) is 12.5. The lowest BCUT2D eigenvalue weighted by atomic mass is 10.5. The van der Waals surface area contributed by atoms with Crippen molar-refractivity contribution in [1.29, 1.82) is 0 Å². The van der Waals surface area contributed by atoms with Crippen LogP contribution in [0.2, 0.25) is 0 Å². The molecule has 21 heavy (non-hydrogen) atoms.